The van der Waals surface area contributed by atoms with Gasteiger partial charge in [-0.15, -0.1) is 0 Å². The Morgan fingerprint density at radius 2 is 2.04 bits per heavy atom. The fourth-order valence-electron chi connectivity index (χ4n) is 3.26. The number of nitrogens with one attached hydrogen (secondary N) is 1. The molecule has 2 aromatic rings. The number of guanidine groups is 1. The zero-order valence-electron chi connectivity index (χ0n) is 13.6. The number of nitrogens with two attached hydrogens (primary N) is 2. The number of rotatable bonds is 5. The molecule has 1 aromatic heterocycles. The molecule has 0 bridgehead atoms. The fourth-order valence-corrected chi connectivity index (χ4v) is 3.51. The molecule has 0 atom stereocenters. The van der Waals surface area contributed by atoms with E-state index in [1.54, 1.807) is 6.07 Å². The van der Waals surface area contributed by atoms with Crippen LogP contribution in [0.15, 0.2) is 29.3 Å². The number of nitrogens with zero attached hydrogens (tertiary/aromatic N) is 2. The molecule has 132 valence electrons. The molecule has 1 aromatic carbocycles. The molecule has 25 heavy (non-hydrogen) atoms. The van der Waals surface area contributed by atoms with Gasteiger partial charge in [-0.25, -0.2) is 4.98 Å². The Hall–Kier alpha value is -2.38. The van der Waals surface area contributed by atoms with Crippen molar-refractivity contribution >= 4 is 40.1 Å². The molecule has 1 fully saturated rings. The summed E-state index contributed by atoms with van der Waals surface area (Å²) in [5, 5.41) is 14.7. The number of fused-ring (bicyclic) bond motifs is 1. The highest BCUT2D eigenvalue weighted by molar-refractivity contribution is 6.34. The quantitative estimate of drug-likeness (QED) is 0.367. The van der Waals surface area contributed by atoms with E-state index in [2.05, 4.69) is 15.3 Å². The number of pyridine rings is 1. The van der Waals surface area contributed by atoms with Crippen LogP contribution in [0.3, 0.4) is 0 Å². The number of benzene rings is 1. The van der Waals surface area contributed by atoms with Crippen molar-refractivity contribution in [2.45, 2.75) is 37.8 Å². The summed E-state index contributed by atoms with van der Waals surface area (Å²) in [7, 11) is 0. The molecule has 8 heteroatoms. The molecule has 1 saturated carbocycles. The van der Waals surface area contributed by atoms with Crippen LogP contribution in [0, 0.1) is 0 Å². The number of aliphatic imine (C=N–C) groups is 1. The van der Waals surface area contributed by atoms with Gasteiger partial charge >= 0.3 is 5.97 Å². The molecular weight excluding hydrogens is 342 g/mol. The molecule has 0 radical (unpaired) electrons. The number of hydrogen-bond donors (Lipinski definition) is 4. The molecule has 0 aliphatic heterocycles. The highest BCUT2D eigenvalue weighted by atomic mass is 35.5. The van der Waals surface area contributed by atoms with Crippen molar-refractivity contribution in [1.82, 2.24) is 10.3 Å². The third-order valence-corrected chi connectivity index (χ3v) is 4.87. The zero-order chi connectivity index (χ0) is 18.0. The second-order valence-corrected chi connectivity index (χ2v) is 6.67. The minimum Gasteiger partial charge on any atom is -0.480 e. The number of carboxylic acids is 1. The predicted octanol–water partition coefficient (Wildman–Crippen LogP) is 2.28. The van der Waals surface area contributed by atoms with Crippen molar-refractivity contribution in [2.75, 3.05) is 0 Å². The number of aromatic nitrogens is 1. The topological polar surface area (TPSA) is 127 Å². The molecule has 7 nitrogen and oxygen atoms in total. The van der Waals surface area contributed by atoms with E-state index in [4.69, 9.17) is 23.1 Å². The van der Waals surface area contributed by atoms with Crippen molar-refractivity contribution in [1.29, 1.82) is 0 Å². The van der Waals surface area contributed by atoms with Gasteiger partial charge in [0, 0.05) is 11.9 Å². The van der Waals surface area contributed by atoms with E-state index >= 15 is 0 Å². The average molecular weight is 362 g/mol. The van der Waals surface area contributed by atoms with Crippen molar-refractivity contribution in [3.8, 4) is 0 Å². The van der Waals surface area contributed by atoms with Gasteiger partial charge in [-0.1, -0.05) is 36.6 Å². The van der Waals surface area contributed by atoms with Crippen LogP contribution in [0.4, 0.5) is 5.82 Å². The van der Waals surface area contributed by atoms with Crippen LogP contribution in [0.1, 0.15) is 31.2 Å². The molecular formula is C17H20ClN5O2. The van der Waals surface area contributed by atoms with Crippen molar-refractivity contribution in [3.63, 3.8) is 0 Å². The first kappa shape index (κ1) is 17.4. The summed E-state index contributed by atoms with van der Waals surface area (Å²) in [6, 6.07) is 7.47. The van der Waals surface area contributed by atoms with Crippen LogP contribution in [0.2, 0.25) is 5.15 Å². The Kier molecular flexibility index (Phi) is 4.78. The second kappa shape index (κ2) is 6.85. The zero-order valence-corrected chi connectivity index (χ0v) is 14.4. The van der Waals surface area contributed by atoms with E-state index in [1.807, 2.05) is 18.2 Å². The van der Waals surface area contributed by atoms with E-state index < -0.39 is 11.5 Å². The maximum Gasteiger partial charge on any atom is 0.323 e. The maximum absolute atomic E-state index is 11.6. The largest absolute Gasteiger partial charge is 0.480 e. The lowest BCUT2D eigenvalue weighted by Gasteiger charge is -2.25. The van der Waals surface area contributed by atoms with Gasteiger partial charge in [0.2, 0.25) is 0 Å². The Labute approximate surface area is 150 Å². The van der Waals surface area contributed by atoms with Crippen LogP contribution < -0.4 is 16.8 Å². The van der Waals surface area contributed by atoms with Gasteiger partial charge in [-0.05, 0) is 35.9 Å². The molecule has 1 aliphatic rings. The normalized spacial score (nSPS) is 16.0. The molecule has 0 saturated heterocycles. The first-order chi connectivity index (χ1) is 11.9. The van der Waals surface area contributed by atoms with Crippen molar-refractivity contribution in [3.05, 3.63) is 35.0 Å². The first-order valence-electron chi connectivity index (χ1n) is 8.07. The average Bonchev–Trinajstić information content (AvgIpc) is 3.03. The Morgan fingerprint density at radius 1 is 1.32 bits per heavy atom. The van der Waals surface area contributed by atoms with Gasteiger partial charge in [0.25, 0.3) is 0 Å². The van der Waals surface area contributed by atoms with Crippen LogP contribution in [-0.4, -0.2) is 27.6 Å². The third kappa shape index (κ3) is 3.67. The van der Waals surface area contributed by atoms with E-state index in [0.717, 1.165) is 29.2 Å². The van der Waals surface area contributed by atoms with Crippen LogP contribution in [0.5, 0.6) is 0 Å². The lowest BCUT2D eigenvalue weighted by atomic mass is 9.97. The minimum atomic E-state index is -0.825. The second-order valence-electron chi connectivity index (χ2n) is 6.31. The fraction of sp³-hybridized carbons (Fsp3) is 0.353. The van der Waals surface area contributed by atoms with Crippen molar-refractivity contribution < 1.29 is 9.90 Å². The summed E-state index contributed by atoms with van der Waals surface area (Å²) in [6.07, 6.45) is 3.17. The highest BCUT2D eigenvalue weighted by Gasteiger charge is 2.40. The van der Waals surface area contributed by atoms with Gasteiger partial charge in [-0.2, -0.15) is 4.99 Å². The molecule has 1 aliphatic carbocycles. The highest BCUT2D eigenvalue weighted by Crippen LogP contribution is 2.31. The van der Waals surface area contributed by atoms with Gasteiger partial charge < -0.3 is 16.6 Å². The summed E-state index contributed by atoms with van der Waals surface area (Å²) in [5.74, 6) is -0.522. The van der Waals surface area contributed by atoms with Gasteiger partial charge in [-0.3, -0.25) is 10.1 Å². The third-order valence-electron chi connectivity index (χ3n) is 4.58. The minimum absolute atomic E-state index is 0.0840. The molecule has 0 amide bonds. The molecule has 3 rings (SSSR count). The van der Waals surface area contributed by atoms with E-state index in [9.17, 15) is 9.90 Å². The summed E-state index contributed by atoms with van der Waals surface area (Å²) >= 11 is 6.25. The van der Waals surface area contributed by atoms with Gasteiger partial charge in [0.05, 0.1) is 0 Å². The summed E-state index contributed by atoms with van der Waals surface area (Å²) in [5.41, 5.74) is 10.9. The van der Waals surface area contributed by atoms with Gasteiger partial charge in [0.15, 0.2) is 11.8 Å². The van der Waals surface area contributed by atoms with E-state index in [-0.39, 0.29) is 5.96 Å². The number of carbonyl (C=O) groups is 1. The lowest BCUT2D eigenvalue weighted by Crippen LogP contribution is -2.49. The molecule has 1 heterocycles. The standard InChI is InChI=1S/C17H20ClN5O2/c18-14-12-7-10(9-21-17(15(24)25)5-1-2-6-17)3-4-11(12)8-13(22-14)23-16(19)20/h3-4,7-8,21H,1-2,5-6,9H2,(H,24,25)(H4,19,20,22,23). The predicted molar refractivity (Wildman–Crippen MR) is 97.9 cm³/mol. The number of aliphatic carboxylic acids is 1. The Morgan fingerprint density at radius 3 is 2.68 bits per heavy atom. The van der Waals surface area contributed by atoms with Crippen LogP contribution in [0.25, 0.3) is 10.8 Å². The Bertz CT molecular complexity index is 842. The lowest BCUT2D eigenvalue weighted by molar-refractivity contribution is -0.144. The van der Waals surface area contributed by atoms with Crippen molar-refractivity contribution in [2.24, 2.45) is 16.5 Å². The summed E-state index contributed by atoms with van der Waals surface area (Å²) in [6.45, 7) is 0.453. The number of halogens is 1. The van der Waals surface area contributed by atoms with E-state index in [0.29, 0.717) is 30.4 Å². The van der Waals surface area contributed by atoms with Gasteiger partial charge in [0.1, 0.15) is 10.7 Å². The van der Waals surface area contributed by atoms with Crippen LogP contribution >= 0.6 is 11.6 Å². The summed E-state index contributed by atoms with van der Waals surface area (Å²) in [4.78, 5) is 19.7. The summed E-state index contributed by atoms with van der Waals surface area (Å²) < 4.78 is 0. The van der Waals surface area contributed by atoms with Crippen LogP contribution in [-0.2, 0) is 11.3 Å². The molecule has 0 spiro atoms. The Balaban J connectivity index is 1.85. The number of carboxylic acid groups (broad SMARTS) is 1. The first-order valence-corrected chi connectivity index (χ1v) is 8.45. The molecule has 0 unspecified atom stereocenters. The maximum atomic E-state index is 11.6. The smallest absolute Gasteiger partial charge is 0.323 e. The number of hydrogen-bond acceptors (Lipinski definition) is 4. The monoisotopic (exact) mass is 361 g/mol. The SMILES string of the molecule is NC(N)=Nc1cc2ccc(CNC3(C(=O)O)CCCC3)cc2c(Cl)n1. The molecule has 6 N–H and O–H groups in total. The van der Waals surface area contributed by atoms with E-state index in [1.165, 1.54) is 0 Å².